The summed E-state index contributed by atoms with van der Waals surface area (Å²) in [6, 6.07) is 9.98. The molecular weight excluding hydrogens is 350 g/mol. The predicted octanol–water partition coefficient (Wildman–Crippen LogP) is 2.11. The van der Waals surface area contributed by atoms with Crippen molar-refractivity contribution in [3.63, 3.8) is 0 Å². The molecule has 5 aliphatic heterocycles. The Labute approximate surface area is 168 Å². The maximum atomic E-state index is 13.3. The van der Waals surface area contributed by atoms with Gasteiger partial charge in [-0.05, 0) is 44.3 Å². The minimum absolute atomic E-state index is 0.366. The molecule has 5 heterocycles. The number of aryl methyl sites for hydroxylation is 1. The maximum absolute atomic E-state index is 13.3. The van der Waals surface area contributed by atoms with Crippen LogP contribution < -0.4 is 0 Å². The molecular formula is C23H33N3O2. The van der Waals surface area contributed by atoms with Crippen molar-refractivity contribution < 1.29 is 9.53 Å². The maximum Gasteiger partial charge on any atom is 0.224 e. The van der Waals surface area contributed by atoms with Crippen molar-refractivity contribution in [1.82, 2.24) is 14.7 Å². The van der Waals surface area contributed by atoms with Crippen LogP contribution in [0.15, 0.2) is 24.3 Å². The van der Waals surface area contributed by atoms with Gasteiger partial charge in [-0.15, -0.1) is 0 Å². The minimum Gasteiger partial charge on any atom is -0.379 e. The first-order valence-electron chi connectivity index (χ1n) is 11.1. The normalized spacial score (nSPS) is 35.2. The predicted molar refractivity (Wildman–Crippen MR) is 109 cm³/mol. The highest BCUT2D eigenvalue weighted by Gasteiger charge is 2.54. The van der Waals surface area contributed by atoms with Gasteiger partial charge in [0.15, 0.2) is 0 Å². The average molecular weight is 384 g/mol. The van der Waals surface area contributed by atoms with Gasteiger partial charge in [0, 0.05) is 44.6 Å². The second-order valence-corrected chi connectivity index (χ2v) is 9.12. The largest absolute Gasteiger partial charge is 0.379 e. The standard InChI is InChI=1S/C23H33N3O2/c1-17-2-4-18(5-3-17)20-16-26(21(27)8-9-24-12-14-28-15-13-24)22-19-6-10-25(11-7-19)23(20)22/h2-5,19-20,22-23H,6-16H2,1H3/t20-,22+,23+/m0/s1. The number of ether oxygens (including phenoxy) is 1. The van der Waals surface area contributed by atoms with E-state index >= 15 is 0 Å². The smallest absolute Gasteiger partial charge is 0.224 e. The Bertz CT molecular complexity index is 692. The van der Waals surface area contributed by atoms with Crippen LogP contribution in [-0.2, 0) is 9.53 Å². The van der Waals surface area contributed by atoms with Crippen molar-refractivity contribution >= 4 is 5.91 Å². The molecule has 0 unspecified atom stereocenters. The molecule has 5 heteroatoms. The summed E-state index contributed by atoms with van der Waals surface area (Å²) in [6.45, 7) is 9.86. The van der Waals surface area contributed by atoms with Crippen LogP contribution in [0.4, 0.5) is 0 Å². The summed E-state index contributed by atoms with van der Waals surface area (Å²) in [7, 11) is 0. The van der Waals surface area contributed by atoms with Gasteiger partial charge in [-0.3, -0.25) is 14.6 Å². The van der Waals surface area contributed by atoms with Gasteiger partial charge >= 0.3 is 0 Å². The minimum atomic E-state index is 0.366. The van der Waals surface area contributed by atoms with E-state index < -0.39 is 0 Å². The number of rotatable bonds is 4. The summed E-state index contributed by atoms with van der Waals surface area (Å²) < 4.78 is 5.44. The molecule has 28 heavy (non-hydrogen) atoms. The molecule has 0 aliphatic carbocycles. The van der Waals surface area contributed by atoms with E-state index in [1.165, 1.54) is 37.1 Å². The van der Waals surface area contributed by atoms with Crippen molar-refractivity contribution in [1.29, 1.82) is 0 Å². The van der Waals surface area contributed by atoms with Crippen LogP contribution in [0.3, 0.4) is 0 Å². The van der Waals surface area contributed by atoms with Crippen LogP contribution in [0.25, 0.3) is 0 Å². The van der Waals surface area contributed by atoms with Gasteiger partial charge in [0.05, 0.1) is 19.3 Å². The van der Waals surface area contributed by atoms with Gasteiger partial charge < -0.3 is 9.64 Å². The van der Waals surface area contributed by atoms with Crippen LogP contribution in [0.2, 0.25) is 0 Å². The lowest BCUT2D eigenvalue weighted by atomic mass is 9.75. The van der Waals surface area contributed by atoms with Crippen molar-refractivity contribution in [2.75, 3.05) is 52.5 Å². The summed E-state index contributed by atoms with van der Waals surface area (Å²) in [5.74, 6) is 1.52. The van der Waals surface area contributed by atoms with Crippen molar-refractivity contribution in [3.8, 4) is 0 Å². The molecule has 5 saturated heterocycles. The lowest BCUT2D eigenvalue weighted by Gasteiger charge is -2.51. The molecule has 5 nitrogen and oxygen atoms in total. The molecule has 6 rings (SSSR count). The quantitative estimate of drug-likeness (QED) is 0.798. The first kappa shape index (κ1) is 18.6. The van der Waals surface area contributed by atoms with Crippen LogP contribution >= 0.6 is 0 Å². The molecule has 0 radical (unpaired) electrons. The van der Waals surface area contributed by atoms with Gasteiger partial charge in [0.25, 0.3) is 0 Å². The molecule has 1 amide bonds. The lowest BCUT2D eigenvalue weighted by molar-refractivity contribution is -0.136. The van der Waals surface area contributed by atoms with Gasteiger partial charge in [0.1, 0.15) is 0 Å². The number of carbonyl (C=O) groups is 1. The highest BCUT2D eigenvalue weighted by Crippen LogP contribution is 2.46. The number of likely N-dealkylation sites (tertiary alicyclic amines) is 1. The number of carbonyl (C=O) groups excluding carboxylic acids is 1. The second kappa shape index (κ2) is 7.77. The van der Waals surface area contributed by atoms with E-state index in [4.69, 9.17) is 4.74 Å². The molecule has 0 saturated carbocycles. The molecule has 5 aliphatic rings. The number of nitrogens with zero attached hydrogens (tertiary/aromatic N) is 3. The average Bonchev–Trinajstić information content (AvgIpc) is 3.17. The van der Waals surface area contributed by atoms with Gasteiger partial charge in [0.2, 0.25) is 5.91 Å². The molecule has 5 fully saturated rings. The summed E-state index contributed by atoms with van der Waals surface area (Å²) in [4.78, 5) is 20.6. The van der Waals surface area contributed by atoms with E-state index in [0.29, 0.717) is 36.2 Å². The van der Waals surface area contributed by atoms with Gasteiger partial charge in [-0.2, -0.15) is 0 Å². The Balaban J connectivity index is 1.34. The lowest BCUT2D eigenvalue weighted by Crippen LogP contribution is -2.60. The Morgan fingerprint density at radius 2 is 1.75 bits per heavy atom. The van der Waals surface area contributed by atoms with Crippen molar-refractivity contribution in [3.05, 3.63) is 35.4 Å². The Morgan fingerprint density at radius 3 is 2.46 bits per heavy atom. The zero-order chi connectivity index (χ0) is 19.1. The van der Waals surface area contributed by atoms with E-state index in [-0.39, 0.29) is 0 Å². The number of hydrogen-bond donors (Lipinski definition) is 0. The number of morpholine rings is 1. The number of benzene rings is 1. The third kappa shape index (κ3) is 3.38. The summed E-state index contributed by atoms with van der Waals surface area (Å²) in [6.07, 6.45) is 3.17. The Kier molecular flexibility index (Phi) is 5.16. The van der Waals surface area contributed by atoms with Crippen LogP contribution in [-0.4, -0.2) is 85.2 Å². The number of piperidine rings is 3. The van der Waals surface area contributed by atoms with Gasteiger partial charge in [-0.1, -0.05) is 29.8 Å². The first-order chi connectivity index (χ1) is 13.7. The number of hydrogen-bond acceptors (Lipinski definition) is 4. The molecule has 152 valence electrons. The summed E-state index contributed by atoms with van der Waals surface area (Å²) >= 11 is 0. The zero-order valence-electron chi connectivity index (χ0n) is 17.1. The van der Waals surface area contributed by atoms with E-state index in [1.807, 2.05) is 0 Å². The molecule has 1 aromatic rings. The van der Waals surface area contributed by atoms with E-state index in [1.54, 1.807) is 0 Å². The monoisotopic (exact) mass is 383 g/mol. The highest BCUT2D eigenvalue weighted by atomic mass is 16.5. The molecule has 2 bridgehead atoms. The molecule has 1 aromatic carbocycles. The number of fused-ring (bicyclic) bond motifs is 2. The highest BCUT2D eigenvalue weighted by molar-refractivity contribution is 5.77. The first-order valence-corrected chi connectivity index (χ1v) is 11.1. The Morgan fingerprint density at radius 1 is 1.04 bits per heavy atom. The summed E-state index contributed by atoms with van der Waals surface area (Å²) in [5.41, 5.74) is 2.72. The van der Waals surface area contributed by atoms with Crippen molar-refractivity contribution in [2.45, 2.75) is 44.2 Å². The van der Waals surface area contributed by atoms with Crippen LogP contribution in [0.1, 0.15) is 36.3 Å². The van der Waals surface area contributed by atoms with E-state index in [9.17, 15) is 4.79 Å². The molecule has 3 atom stereocenters. The van der Waals surface area contributed by atoms with Crippen LogP contribution in [0.5, 0.6) is 0 Å². The Hall–Kier alpha value is -1.43. The summed E-state index contributed by atoms with van der Waals surface area (Å²) in [5, 5.41) is 0. The third-order valence-corrected chi connectivity index (χ3v) is 7.57. The third-order valence-electron chi connectivity index (χ3n) is 7.57. The number of amides is 1. The van der Waals surface area contributed by atoms with Gasteiger partial charge in [-0.25, -0.2) is 0 Å². The molecule has 0 spiro atoms. The zero-order valence-corrected chi connectivity index (χ0v) is 17.1. The van der Waals surface area contributed by atoms with E-state index in [2.05, 4.69) is 45.9 Å². The topological polar surface area (TPSA) is 36.0 Å². The fourth-order valence-electron chi connectivity index (χ4n) is 6.03. The second-order valence-electron chi connectivity index (χ2n) is 9.12. The van der Waals surface area contributed by atoms with E-state index in [0.717, 1.165) is 39.4 Å². The fraction of sp³-hybridized carbons (Fsp3) is 0.696. The fourth-order valence-corrected chi connectivity index (χ4v) is 6.03. The SMILES string of the molecule is Cc1ccc([C@@H]2CN(C(=O)CCN3CCOCC3)[C@@H]3C4CCN(CC4)[C@@H]32)cc1. The van der Waals surface area contributed by atoms with Crippen LogP contribution in [0, 0.1) is 12.8 Å². The van der Waals surface area contributed by atoms with Crippen molar-refractivity contribution in [2.24, 2.45) is 5.92 Å². The molecule has 0 N–H and O–H groups in total. The molecule has 0 aromatic heterocycles.